The van der Waals surface area contributed by atoms with Crippen molar-refractivity contribution in [3.63, 3.8) is 0 Å². The number of aromatic nitrogens is 2. The van der Waals surface area contributed by atoms with Crippen molar-refractivity contribution in [2.24, 2.45) is 0 Å². The maximum absolute atomic E-state index is 13.1. The molecular weight excluding hydrogens is 415 g/mol. The van der Waals surface area contributed by atoms with Crippen LogP contribution in [0.5, 0.6) is 0 Å². The largest absolute Gasteiger partial charge is 0.431 e. The van der Waals surface area contributed by atoms with E-state index >= 15 is 0 Å². The summed E-state index contributed by atoms with van der Waals surface area (Å²) in [7, 11) is -4.13. The number of halogens is 2. The van der Waals surface area contributed by atoms with Gasteiger partial charge < -0.3 is 15.0 Å². The molecule has 29 heavy (non-hydrogen) atoms. The number of benzene rings is 3. The summed E-state index contributed by atoms with van der Waals surface area (Å²) < 4.78 is 42.4. The zero-order valence-corrected chi connectivity index (χ0v) is 16.3. The van der Waals surface area contributed by atoms with Crippen LogP contribution in [0.2, 0.25) is 5.02 Å². The van der Waals surface area contributed by atoms with Crippen LogP contribution < -0.4 is 5.32 Å². The predicted octanol–water partition coefficient (Wildman–Crippen LogP) is 5.56. The van der Waals surface area contributed by atoms with Gasteiger partial charge in [-0.05, 0) is 59.9 Å². The van der Waals surface area contributed by atoms with Crippen molar-refractivity contribution in [2.75, 3.05) is 5.32 Å². The highest BCUT2D eigenvalue weighted by Crippen LogP contribution is 2.34. The monoisotopic (exact) mass is 427 g/mol. The smallest absolute Gasteiger partial charge is 0.202 e. The molecule has 0 saturated heterocycles. The van der Waals surface area contributed by atoms with Gasteiger partial charge in [0.05, 0.1) is 10.4 Å². The summed E-state index contributed by atoms with van der Waals surface area (Å²) in [6.07, 6.45) is 0. The highest BCUT2D eigenvalue weighted by molar-refractivity contribution is 7.94. The molecule has 9 heteroatoms. The van der Waals surface area contributed by atoms with Gasteiger partial charge in [-0.15, -0.1) is 0 Å². The van der Waals surface area contributed by atoms with Crippen LogP contribution in [-0.2, 0) is 10.0 Å². The van der Waals surface area contributed by atoms with Crippen molar-refractivity contribution in [1.29, 1.82) is 0 Å². The molecule has 1 aromatic heterocycles. The van der Waals surface area contributed by atoms with E-state index in [0.717, 1.165) is 24.3 Å². The second-order valence-electron chi connectivity index (χ2n) is 6.04. The van der Waals surface area contributed by atoms with Crippen LogP contribution in [0.3, 0.4) is 0 Å². The predicted molar refractivity (Wildman–Crippen MR) is 111 cm³/mol. The van der Waals surface area contributed by atoms with Gasteiger partial charge in [-0.2, -0.15) is 0 Å². The molecule has 0 amide bonds. The number of hydrogen-bond acceptors (Lipinski definition) is 5. The standard InChI is InChI=1S/C20H13ClFN4O2S/c21-13-4-3-5-15(12-13)23-19-20(25-18-7-2-1-6-17(18)24-19)26-29(27,28)16-10-8-14(22)9-11-16/h1-12H,(H-,23,24,25,26)/q-1. The van der Waals surface area contributed by atoms with Gasteiger partial charge >= 0.3 is 0 Å². The van der Waals surface area contributed by atoms with Crippen molar-refractivity contribution >= 4 is 50.0 Å². The van der Waals surface area contributed by atoms with E-state index in [1.54, 1.807) is 48.5 Å². The molecular formula is C20H13ClFN4O2S-. The zero-order chi connectivity index (χ0) is 20.4. The summed E-state index contributed by atoms with van der Waals surface area (Å²) in [4.78, 5) is 8.65. The second-order valence-corrected chi connectivity index (χ2v) is 8.08. The number of sulfonamides is 1. The molecule has 0 fully saturated rings. The Labute approximate surface area is 171 Å². The average Bonchev–Trinajstić information content (AvgIpc) is 2.68. The zero-order valence-electron chi connectivity index (χ0n) is 14.8. The fourth-order valence-electron chi connectivity index (χ4n) is 2.61. The van der Waals surface area contributed by atoms with Gasteiger partial charge in [0, 0.05) is 10.7 Å². The normalized spacial score (nSPS) is 11.4. The summed E-state index contributed by atoms with van der Waals surface area (Å²) in [5, 5.41) is 3.51. The Hall–Kier alpha value is -3.23. The minimum absolute atomic E-state index is 0.118. The van der Waals surface area contributed by atoms with Crippen molar-refractivity contribution in [3.8, 4) is 0 Å². The van der Waals surface area contributed by atoms with E-state index in [2.05, 4.69) is 20.0 Å². The Balaban J connectivity index is 1.78. The summed E-state index contributed by atoms with van der Waals surface area (Å²) >= 11 is 6.02. The van der Waals surface area contributed by atoms with Crippen molar-refractivity contribution in [3.05, 3.63) is 88.4 Å². The Bertz CT molecular complexity index is 1300. The number of hydrogen-bond donors (Lipinski definition) is 1. The molecule has 4 aromatic rings. The van der Waals surface area contributed by atoms with E-state index in [4.69, 9.17) is 11.6 Å². The van der Waals surface area contributed by atoms with E-state index in [-0.39, 0.29) is 16.5 Å². The van der Waals surface area contributed by atoms with E-state index < -0.39 is 15.8 Å². The number of anilines is 2. The van der Waals surface area contributed by atoms with Gasteiger partial charge in [0.25, 0.3) is 0 Å². The van der Waals surface area contributed by atoms with Gasteiger partial charge in [-0.1, -0.05) is 35.9 Å². The number of para-hydroxylation sites is 2. The minimum atomic E-state index is -4.13. The quantitative estimate of drug-likeness (QED) is 0.450. The molecule has 0 aliphatic rings. The Morgan fingerprint density at radius 1 is 0.897 bits per heavy atom. The van der Waals surface area contributed by atoms with Crippen molar-refractivity contribution < 1.29 is 12.8 Å². The summed E-state index contributed by atoms with van der Waals surface area (Å²) in [5.41, 5.74) is 1.64. The number of nitrogens with zero attached hydrogens (tertiary/aromatic N) is 3. The van der Waals surface area contributed by atoms with E-state index in [1.807, 2.05) is 0 Å². The van der Waals surface area contributed by atoms with Crippen LogP contribution in [0.25, 0.3) is 15.8 Å². The fraction of sp³-hybridized carbons (Fsp3) is 0. The topological polar surface area (TPSA) is 86.1 Å². The lowest BCUT2D eigenvalue weighted by atomic mass is 10.3. The first-order valence-corrected chi connectivity index (χ1v) is 10.3. The van der Waals surface area contributed by atoms with Gasteiger partial charge in [-0.3, -0.25) is 0 Å². The van der Waals surface area contributed by atoms with Crippen LogP contribution in [-0.4, -0.2) is 18.4 Å². The molecule has 0 radical (unpaired) electrons. The minimum Gasteiger partial charge on any atom is -0.431 e. The van der Waals surface area contributed by atoms with Crippen LogP contribution in [0.1, 0.15) is 0 Å². The lowest BCUT2D eigenvalue weighted by Crippen LogP contribution is -2.02. The lowest BCUT2D eigenvalue weighted by Gasteiger charge is -2.21. The summed E-state index contributed by atoms with van der Waals surface area (Å²) in [5.74, 6) is -0.512. The molecule has 1 N–H and O–H groups in total. The van der Waals surface area contributed by atoms with Crippen molar-refractivity contribution in [2.45, 2.75) is 4.90 Å². The molecule has 1 heterocycles. The van der Waals surface area contributed by atoms with Crippen molar-refractivity contribution in [1.82, 2.24) is 9.97 Å². The van der Waals surface area contributed by atoms with Crippen LogP contribution in [0.4, 0.5) is 21.7 Å². The second kappa shape index (κ2) is 7.65. The van der Waals surface area contributed by atoms with Gasteiger partial charge in [0.15, 0.2) is 0 Å². The van der Waals surface area contributed by atoms with E-state index in [0.29, 0.717) is 21.7 Å². The molecule has 146 valence electrons. The highest BCUT2D eigenvalue weighted by Gasteiger charge is 2.13. The lowest BCUT2D eigenvalue weighted by molar-refractivity contribution is 0.601. The first-order chi connectivity index (χ1) is 13.9. The maximum atomic E-state index is 13.1. The number of fused-ring (bicyclic) bond motifs is 1. The van der Waals surface area contributed by atoms with Gasteiger partial charge in [0.2, 0.25) is 10.0 Å². The van der Waals surface area contributed by atoms with E-state index in [9.17, 15) is 12.8 Å². The Kier molecular flexibility index (Phi) is 5.04. The van der Waals surface area contributed by atoms with Crippen LogP contribution in [0.15, 0.2) is 77.7 Å². The molecule has 0 spiro atoms. The molecule has 0 atom stereocenters. The Morgan fingerprint density at radius 2 is 1.59 bits per heavy atom. The van der Waals surface area contributed by atoms with Gasteiger partial charge in [0.1, 0.15) is 11.6 Å². The molecule has 0 unspecified atom stereocenters. The first-order valence-electron chi connectivity index (χ1n) is 8.44. The first kappa shape index (κ1) is 19.1. The molecule has 6 nitrogen and oxygen atoms in total. The molecule has 0 saturated carbocycles. The van der Waals surface area contributed by atoms with Crippen LogP contribution >= 0.6 is 11.6 Å². The third kappa shape index (κ3) is 4.28. The average molecular weight is 428 g/mol. The molecule has 0 aliphatic carbocycles. The Morgan fingerprint density at radius 3 is 2.28 bits per heavy atom. The van der Waals surface area contributed by atoms with Gasteiger partial charge in [-0.25, -0.2) is 17.8 Å². The van der Waals surface area contributed by atoms with Crippen LogP contribution in [0, 0.1) is 5.82 Å². The molecule has 0 bridgehead atoms. The number of rotatable bonds is 5. The highest BCUT2D eigenvalue weighted by atomic mass is 35.5. The molecule has 3 aromatic carbocycles. The summed E-state index contributed by atoms with van der Waals surface area (Å²) in [6.45, 7) is 0. The fourth-order valence-corrected chi connectivity index (χ4v) is 3.74. The third-order valence-electron chi connectivity index (χ3n) is 3.96. The maximum Gasteiger partial charge on any atom is 0.202 e. The number of nitrogens with one attached hydrogen (secondary N) is 1. The SMILES string of the molecule is O=S(=O)([N-]c1nc2ccccc2nc1Nc1cccc(Cl)c1)c1ccc(F)cc1. The summed E-state index contributed by atoms with van der Waals surface area (Å²) in [6, 6.07) is 18.3. The van der Waals surface area contributed by atoms with E-state index in [1.165, 1.54) is 0 Å². The molecule has 4 rings (SSSR count). The third-order valence-corrected chi connectivity index (χ3v) is 5.47. The molecule has 0 aliphatic heterocycles.